The summed E-state index contributed by atoms with van der Waals surface area (Å²) in [5.74, 6) is 0. The van der Waals surface area contributed by atoms with E-state index in [1.165, 1.54) is 0 Å². The molecule has 1 aromatic rings. The first-order valence-corrected chi connectivity index (χ1v) is 5.80. The monoisotopic (exact) mass is 232 g/mol. The molecule has 3 aliphatic rings. The van der Waals surface area contributed by atoms with Crippen molar-refractivity contribution in [3.05, 3.63) is 69.0 Å². The van der Waals surface area contributed by atoms with Crippen molar-refractivity contribution in [3.8, 4) is 22.3 Å². The van der Waals surface area contributed by atoms with Crippen LogP contribution in [0.15, 0.2) is 58.1 Å². The van der Waals surface area contributed by atoms with Crippen LogP contribution in [0.2, 0.25) is 0 Å². The normalized spacial score (nSPS) is 11.8. The van der Waals surface area contributed by atoms with Crippen LogP contribution in [0, 0.1) is 0 Å². The molecule has 84 valence electrons. The molecule has 0 spiro atoms. The highest BCUT2D eigenvalue weighted by Crippen LogP contribution is 2.34. The van der Waals surface area contributed by atoms with E-state index in [4.69, 9.17) is 0 Å². The highest BCUT2D eigenvalue weighted by molar-refractivity contribution is 5.93. The smallest absolute Gasteiger partial charge is 0.194 e. The van der Waals surface area contributed by atoms with E-state index in [1.54, 1.807) is 30.3 Å². The van der Waals surface area contributed by atoms with Crippen molar-refractivity contribution in [2.45, 2.75) is 0 Å². The minimum atomic E-state index is -0.0600. The zero-order valence-electron chi connectivity index (χ0n) is 9.44. The second-order valence-corrected chi connectivity index (χ2v) is 4.56. The maximum atomic E-state index is 12.4. The van der Waals surface area contributed by atoms with Crippen molar-refractivity contribution in [3.63, 3.8) is 0 Å². The zero-order chi connectivity index (χ0) is 12.3. The fourth-order valence-electron chi connectivity index (χ4n) is 2.45. The van der Waals surface area contributed by atoms with E-state index < -0.39 is 0 Å². The molecule has 0 aliphatic heterocycles. The van der Waals surface area contributed by atoms with Crippen molar-refractivity contribution in [2.24, 2.45) is 0 Å². The van der Waals surface area contributed by atoms with Crippen LogP contribution in [0.5, 0.6) is 0 Å². The summed E-state index contributed by atoms with van der Waals surface area (Å²) in [5.41, 5.74) is 3.08. The molecule has 0 saturated carbocycles. The SMILES string of the molecule is O=c1c2ccc3cc-3cc-2c(=O)c2ccccc12. The quantitative estimate of drug-likeness (QED) is 0.467. The Morgan fingerprint density at radius 2 is 1.28 bits per heavy atom. The zero-order valence-corrected chi connectivity index (χ0v) is 9.44. The van der Waals surface area contributed by atoms with Gasteiger partial charge in [0.25, 0.3) is 0 Å². The van der Waals surface area contributed by atoms with Gasteiger partial charge in [0.2, 0.25) is 0 Å². The second kappa shape index (κ2) is 3.05. The van der Waals surface area contributed by atoms with E-state index in [0.29, 0.717) is 21.9 Å². The third-order valence-electron chi connectivity index (χ3n) is 3.49. The molecule has 0 saturated heterocycles. The average Bonchev–Trinajstić information content (AvgIpc) is 3.13. The molecule has 2 heteroatoms. The molecule has 4 rings (SSSR count). The molecular weight excluding hydrogens is 224 g/mol. The standard InChI is InChI=1S/C16H8O2/c17-15-11-3-1-2-4-12(11)16(18)14-8-10-7-9(10)5-6-13(14)15/h1-8H. The lowest BCUT2D eigenvalue weighted by atomic mass is 9.99. The third-order valence-corrected chi connectivity index (χ3v) is 3.49. The van der Waals surface area contributed by atoms with E-state index in [0.717, 1.165) is 11.1 Å². The predicted octanol–water partition coefficient (Wildman–Crippen LogP) is 2.65. The summed E-state index contributed by atoms with van der Waals surface area (Å²) in [5, 5.41) is 1.02. The van der Waals surface area contributed by atoms with Gasteiger partial charge in [0.1, 0.15) is 0 Å². The average molecular weight is 232 g/mol. The molecule has 0 bridgehead atoms. The van der Waals surface area contributed by atoms with Gasteiger partial charge < -0.3 is 0 Å². The van der Waals surface area contributed by atoms with Gasteiger partial charge >= 0.3 is 0 Å². The summed E-state index contributed by atoms with van der Waals surface area (Å²) in [4.78, 5) is 24.8. The fourth-order valence-corrected chi connectivity index (χ4v) is 2.45. The van der Waals surface area contributed by atoms with Crippen molar-refractivity contribution in [2.75, 3.05) is 0 Å². The molecule has 0 unspecified atom stereocenters. The summed E-state index contributed by atoms with van der Waals surface area (Å²) < 4.78 is 0. The number of benzene rings is 2. The number of rotatable bonds is 0. The number of hydrogen-bond acceptors (Lipinski definition) is 2. The van der Waals surface area contributed by atoms with Crippen LogP contribution in [0.4, 0.5) is 0 Å². The van der Waals surface area contributed by atoms with Gasteiger partial charge in [0.05, 0.1) is 0 Å². The Morgan fingerprint density at radius 1 is 0.611 bits per heavy atom. The molecule has 2 nitrogen and oxygen atoms in total. The topological polar surface area (TPSA) is 34.1 Å². The van der Waals surface area contributed by atoms with Gasteiger partial charge in [-0.1, -0.05) is 30.3 Å². The van der Waals surface area contributed by atoms with E-state index in [-0.39, 0.29) is 10.9 Å². The van der Waals surface area contributed by atoms with Crippen molar-refractivity contribution in [1.29, 1.82) is 0 Å². The lowest BCUT2D eigenvalue weighted by Crippen LogP contribution is -2.16. The van der Waals surface area contributed by atoms with Gasteiger partial charge in [0.15, 0.2) is 10.9 Å². The molecule has 0 atom stereocenters. The Morgan fingerprint density at radius 3 is 2.00 bits per heavy atom. The molecule has 0 N–H and O–H groups in total. The van der Waals surface area contributed by atoms with Gasteiger partial charge in [-0.3, -0.25) is 9.59 Å². The van der Waals surface area contributed by atoms with E-state index in [1.807, 2.05) is 18.2 Å². The lowest BCUT2D eigenvalue weighted by Gasteiger charge is -2.02. The van der Waals surface area contributed by atoms with Gasteiger partial charge in [-0.2, -0.15) is 0 Å². The van der Waals surface area contributed by atoms with Crippen LogP contribution < -0.4 is 10.9 Å². The largest absolute Gasteiger partial charge is 0.289 e. The Balaban J connectivity index is 2.36. The van der Waals surface area contributed by atoms with Gasteiger partial charge in [0, 0.05) is 21.9 Å². The van der Waals surface area contributed by atoms with Crippen LogP contribution in [0.1, 0.15) is 0 Å². The van der Waals surface area contributed by atoms with E-state index in [2.05, 4.69) is 0 Å². The van der Waals surface area contributed by atoms with Crippen LogP contribution in [-0.2, 0) is 0 Å². The van der Waals surface area contributed by atoms with Gasteiger partial charge in [-0.15, -0.1) is 0 Å². The highest BCUT2D eigenvalue weighted by Gasteiger charge is 2.18. The van der Waals surface area contributed by atoms with E-state index >= 15 is 0 Å². The highest BCUT2D eigenvalue weighted by atomic mass is 16.1. The summed E-state index contributed by atoms with van der Waals surface area (Å²) in [6.07, 6.45) is 0. The van der Waals surface area contributed by atoms with Crippen molar-refractivity contribution >= 4 is 10.8 Å². The van der Waals surface area contributed by atoms with E-state index in [9.17, 15) is 9.59 Å². The first-order valence-electron chi connectivity index (χ1n) is 5.80. The molecule has 0 amide bonds. The Labute approximate surface area is 102 Å². The second-order valence-electron chi connectivity index (χ2n) is 4.56. The van der Waals surface area contributed by atoms with Gasteiger partial charge in [-0.05, 0) is 29.3 Å². The maximum absolute atomic E-state index is 12.4. The molecule has 0 heterocycles. The van der Waals surface area contributed by atoms with Crippen molar-refractivity contribution < 1.29 is 0 Å². The molecule has 0 fully saturated rings. The molecule has 0 aromatic heterocycles. The number of fused-ring (bicyclic) bond motifs is 3. The summed E-state index contributed by atoms with van der Waals surface area (Å²) in [6.45, 7) is 0. The fraction of sp³-hybridized carbons (Fsp3) is 0. The van der Waals surface area contributed by atoms with Crippen LogP contribution in [-0.4, -0.2) is 0 Å². The molecular formula is C16H8O2. The Bertz CT molecular complexity index is 910. The maximum Gasteiger partial charge on any atom is 0.194 e. The lowest BCUT2D eigenvalue weighted by molar-refractivity contribution is 1.56. The number of hydrogen-bond donors (Lipinski definition) is 0. The summed E-state index contributed by atoms with van der Waals surface area (Å²) >= 11 is 0. The molecule has 18 heavy (non-hydrogen) atoms. The Hall–Kier alpha value is -2.48. The molecule has 3 aliphatic carbocycles. The third kappa shape index (κ3) is 1.12. The first kappa shape index (κ1) is 9.54. The minimum Gasteiger partial charge on any atom is -0.289 e. The summed E-state index contributed by atoms with van der Waals surface area (Å²) in [6, 6.07) is 14.5. The van der Waals surface area contributed by atoms with Crippen LogP contribution in [0.25, 0.3) is 33.0 Å². The van der Waals surface area contributed by atoms with Crippen LogP contribution in [0.3, 0.4) is 0 Å². The summed E-state index contributed by atoms with van der Waals surface area (Å²) in [7, 11) is 0. The van der Waals surface area contributed by atoms with Gasteiger partial charge in [-0.25, -0.2) is 0 Å². The first-order chi connectivity index (χ1) is 8.75. The Kier molecular flexibility index (Phi) is 1.61. The molecule has 0 radical (unpaired) electrons. The minimum absolute atomic E-state index is 0.0566. The predicted molar refractivity (Wildman–Crippen MR) is 72.1 cm³/mol. The van der Waals surface area contributed by atoms with Crippen molar-refractivity contribution in [1.82, 2.24) is 0 Å². The molecule has 1 aromatic carbocycles. The van der Waals surface area contributed by atoms with Crippen LogP contribution >= 0.6 is 0 Å².